The van der Waals surface area contributed by atoms with Crippen LogP contribution in [-0.2, 0) is 20.1 Å². The lowest BCUT2D eigenvalue weighted by molar-refractivity contribution is 0.416. The molecule has 6 aromatic rings. The number of anilines is 5. The number of methoxy groups -OCH3 is 1. The lowest BCUT2D eigenvalue weighted by atomic mass is 10.1. The van der Waals surface area contributed by atoms with Gasteiger partial charge in [0.1, 0.15) is 27.8 Å². The largest absolute Gasteiger partial charge is 0.508 e. The van der Waals surface area contributed by atoms with Gasteiger partial charge in [0.15, 0.2) is 5.75 Å². The van der Waals surface area contributed by atoms with E-state index in [1.54, 1.807) is 49.4 Å². The number of benzene rings is 6. The molecule has 0 radical (unpaired) electrons. The topological polar surface area (TPSA) is 199 Å². The number of para-hydroxylation sites is 1. The predicted molar refractivity (Wildman–Crippen MR) is 196 cm³/mol. The van der Waals surface area contributed by atoms with Crippen LogP contribution in [-0.4, -0.2) is 38.7 Å². The SMILES string of the molecule is COc1cc(Nc2ccc(S(=O)(=O)Nc3ccc(O)cc3)cc2)c(C)cc1N=Nc1c(S(=O)(=O)O)cc2cc(Nc3ccccc3)ccc2c1O. The fourth-order valence-corrected chi connectivity index (χ4v) is 6.90. The van der Waals surface area contributed by atoms with Crippen molar-refractivity contribution in [1.82, 2.24) is 0 Å². The van der Waals surface area contributed by atoms with Gasteiger partial charge in [0.05, 0.1) is 12.0 Å². The van der Waals surface area contributed by atoms with Gasteiger partial charge < -0.3 is 25.6 Å². The second-order valence-electron chi connectivity index (χ2n) is 11.3. The van der Waals surface area contributed by atoms with Crippen molar-refractivity contribution < 1.29 is 36.3 Å². The Hall–Kier alpha value is -6.16. The van der Waals surface area contributed by atoms with Crippen molar-refractivity contribution in [2.45, 2.75) is 16.7 Å². The molecule has 0 unspecified atom stereocenters. The average Bonchev–Trinajstić information content (AvgIpc) is 3.10. The minimum Gasteiger partial charge on any atom is -0.508 e. The number of sulfonamides is 1. The first-order chi connectivity index (χ1) is 24.3. The van der Waals surface area contributed by atoms with Crippen LogP contribution in [0.25, 0.3) is 10.8 Å². The molecule has 15 heteroatoms. The molecular formula is C36H31N5O8S2. The van der Waals surface area contributed by atoms with Crippen molar-refractivity contribution in [2.24, 2.45) is 10.2 Å². The van der Waals surface area contributed by atoms with Crippen molar-refractivity contribution in [3.05, 3.63) is 121 Å². The highest BCUT2D eigenvalue weighted by atomic mass is 32.2. The van der Waals surface area contributed by atoms with Crippen molar-refractivity contribution >= 4 is 70.7 Å². The normalized spacial score (nSPS) is 11.8. The molecule has 6 N–H and O–H groups in total. The third kappa shape index (κ3) is 7.86. The molecule has 0 aliphatic carbocycles. The van der Waals surface area contributed by atoms with Crippen LogP contribution in [0.1, 0.15) is 5.56 Å². The van der Waals surface area contributed by atoms with Crippen LogP contribution in [0, 0.1) is 6.92 Å². The fourth-order valence-electron chi connectivity index (χ4n) is 5.18. The van der Waals surface area contributed by atoms with E-state index in [1.807, 2.05) is 30.3 Å². The Bertz CT molecular complexity index is 2490. The summed E-state index contributed by atoms with van der Waals surface area (Å²) in [4.78, 5) is -0.609. The van der Waals surface area contributed by atoms with Gasteiger partial charge in [-0.1, -0.05) is 18.2 Å². The minimum absolute atomic E-state index is 0.0125. The molecule has 13 nitrogen and oxygen atoms in total. The van der Waals surface area contributed by atoms with Gasteiger partial charge in [0.2, 0.25) is 0 Å². The lowest BCUT2D eigenvalue weighted by Gasteiger charge is -2.14. The Morgan fingerprint density at radius 1 is 0.686 bits per heavy atom. The number of phenols is 2. The molecule has 6 aromatic carbocycles. The van der Waals surface area contributed by atoms with E-state index in [2.05, 4.69) is 25.6 Å². The van der Waals surface area contributed by atoms with Crippen LogP contribution in [0.3, 0.4) is 0 Å². The number of phenolic OH excluding ortho intramolecular Hbond substituents is 2. The van der Waals surface area contributed by atoms with Crippen molar-refractivity contribution in [1.29, 1.82) is 0 Å². The van der Waals surface area contributed by atoms with Gasteiger partial charge in [-0.05, 0) is 109 Å². The Morgan fingerprint density at radius 3 is 2.00 bits per heavy atom. The molecule has 0 saturated heterocycles. The fraction of sp³-hybridized carbons (Fsp3) is 0.0556. The molecule has 0 amide bonds. The zero-order valence-corrected chi connectivity index (χ0v) is 28.7. The summed E-state index contributed by atoms with van der Waals surface area (Å²) in [7, 11) is -7.32. The summed E-state index contributed by atoms with van der Waals surface area (Å²) in [6.07, 6.45) is 0. The Morgan fingerprint density at radius 2 is 1.33 bits per heavy atom. The molecule has 51 heavy (non-hydrogen) atoms. The van der Waals surface area contributed by atoms with E-state index in [0.717, 1.165) is 5.69 Å². The number of aromatic hydroxyl groups is 2. The Kier molecular flexibility index (Phi) is 9.52. The maximum Gasteiger partial charge on any atom is 0.296 e. The van der Waals surface area contributed by atoms with Crippen molar-refractivity contribution in [3.63, 3.8) is 0 Å². The van der Waals surface area contributed by atoms with Gasteiger partial charge in [-0.3, -0.25) is 9.27 Å². The summed E-state index contributed by atoms with van der Waals surface area (Å²) >= 11 is 0. The van der Waals surface area contributed by atoms with Gasteiger partial charge in [0.25, 0.3) is 20.1 Å². The Balaban J connectivity index is 1.26. The monoisotopic (exact) mass is 725 g/mol. The standard InChI is InChI=1S/C36H31N5O8S2/c1-22-18-32(33(49-2)21-31(22)38-25-10-15-29(16-11-25)50(44,45)41-26-8-13-28(42)14-9-26)39-40-35-34(51(46,47)48)20-23-19-27(12-17-30(23)36(35)43)37-24-6-4-3-5-7-24/h3-21,37-38,41-43H,1-2H3,(H,46,47,48). The molecule has 0 saturated carbocycles. The van der Waals surface area contributed by atoms with Crippen LogP contribution in [0.4, 0.5) is 39.8 Å². The molecule has 0 spiro atoms. The molecule has 260 valence electrons. The number of ether oxygens (including phenoxy) is 1. The molecule has 0 aliphatic rings. The summed E-state index contributed by atoms with van der Waals surface area (Å²) < 4.78 is 68.6. The first-order valence-electron chi connectivity index (χ1n) is 15.2. The summed E-state index contributed by atoms with van der Waals surface area (Å²) in [6, 6.07) is 30.4. The summed E-state index contributed by atoms with van der Waals surface area (Å²) in [6.45, 7) is 1.78. The summed E-state index contributed by atoms with van der Waals surface area (Å²) in [5.41, 5.74) is 3.31. The second kappa shape index (κ2) is 14.0. The third-order valence-electron chi connectivity index (χ3n) is 7.74. The molecule has 6 rings (SSSR count). The van der Waals surface area contributed by atoms with Gasteiger partial charge in [-0.25, -0.2) is 8.42 Å². The number of fused-ring (bicyclic) bond motifs is 1. The average molecular weight is 726 g/mol. The van der Waals surface area contributed by atoms with Crippen LogP contribution in [0.2, 0.25) is 0 Å². The van der Waals surface area contributed by atoms with Crippen LogP contribution in [0.15, 0.2) is 135 Å². The van der Waals surface area contributed by atoms with E-state index < -0.39 is 36.5 Å². The highest BCUT2D eigenvalue weighted by molar-refractivity contribution is 7.92. The molecule has 0 fully saturated rings. The molecule has 0 aliphatic heterocycles. The number of nitrogens with one attached hydrogen (secondary N) is 3. The van der Waals surface area contributed by atoms with Crippen LogP contribution in [0.5, 0.6) is 17.2 Å². The van der Waals surface area contributed by atoms with E-state index in [9.17, 15) is 31.6 Å². The number of azo groups is 1. The zero-order chi connectivity index (χ0) is 36.3. The van der Waals surface area contributed by atoms with E-state index >= 15 is 0 Å². The minimum atomic E-state index is -4.84. The highest BCUT2D eigenvalue weighted by Gasteiger charge is 2.23. The summed E-state index contributed by atoms with van der Waals surface area (Å²) in [5.74, 6) is -0.235. The maximum atomic E-state index is 12.8. The van der Waals surface area contributed by atoms with Crippen molar-refractivity contribution in [3.8, 4) is 17.2 Å². The number of aryl methyl sites for hydroxylation is 1. The highest BCUT2D eigenvalue weighted by Crippen LogP contribution is 2.43. The maximum absolute atomic E-state index is 12.8. The van der Waals surface area contributed by atoms with E-state index in [1.165, 1.54) is 49.6 Å². The molecule has 0 atom stereocenters. The molecule has 0 aromatic heterocycles. The van der Waals surface area contributed by atoms with E-state index in [-0.39, 0.29) is 27.5 Å². The number of nitrogens with zero attached hydrogens (tertiary/aromatic N) is 2. The quantitative estimate of drug-likeness (QED) is 0.0427. The smallest absolute Gasteiger partial charge is 0.296 e. The molecule has 0 bridgehead atoms. The van der Waals surface area contributed by atoms with Crippen molar-refractivity contribution in [2.75, 3.05) is 22.5 Å². The van der Waals surface area contributed by atoms with Gasteiger partial charge in [-0.2, -0.15) is 8.42 Å². The van der Waals surface area contributed by atoms with Gasteiger partial charge in [0, 0.05) is 39.9 Å². The van der Waals surface area contributed by atoms with Gasteiger partial charge >= 0.3 is 0 Å². The predicted octanol–water partition coefficient (Wildman–Crippen LogP) is 8.52. The van der Waals surface area contributed by atoms with E-state index in [4.69, 9.17) is 4.74 Å². The number of rotatable bonds is 11. The third-order valence-corrected chi connectivity index (χ3v) is 10.0. The Labute approximate surface area is 293 Å². The van der Waals surface area contributed by atoms with Crippen LogP contribution >= 0.6 is 0 Å². The first-order valence-corrected chi connectivity index (χ1v) is 18.1. The zero-order valence-electron chi connectivity index (χ0n) is 27.1. The molecule has 0 heterocycles. The van der Waals surface area contributed by atoms with Gasteiger partial charge in [-0.15, -0.1) is 10.2 Å². The van der Waals surface area contributed by atoms with E-state index in [0.29, 0.717) is 33.7 Å². The van der Waals surface area contributed by atoms with Crippen LogP contribution < -0.4 is 20.1 Å². The number of hydrogen-bond acceptors (Lipinski definition) is 11. The summed E-state index contributed by atoms with van der Waals surface area (Å²) in [5, 5.41) is 35.9. The lowest BCUT2D eigenvalue weighted by Crippen LogP contribution is -2.12. The first kappa shape index (κ1) is 34.7. The molecular weight excluding hydrogens is 695 g/mol. The second-order valence-corrected chi connectivity index (χ2v) is 14.4. The number of hydrogen-bond donors (Lipinski definition) is 6.